The summed E-state index contributed by atoms with van der Waals surface area (Å²) in [7, 11) is 0. The van der Waals surface area contributed by atoms with Gasteiger partial charge < -0.3 is 0 Å². The summed E-state index contributed by atoms with van der Waals surface area (Å²) < 4.78 is 13.0. The lowest BCUT2D eigenvalue weighted by Gasteiger charge is -2.16. The molecule has 1 aromatic rings. The normalized spacial score (nSPS) is 13.4. The van der Waals surface area contributed by atoms with Crippen LogP contribution >= 0.6 is 0 Å². The van der Waals surface area contributed by atoms with Crippen molar-refractivity contribution in [1.82, 2.24) is 0 Å². The Balaban J connectivity index is 2.97. The van der Waals surface area contributed by atoms with Gasteiger partial charge in [0.1, 0.15) is 5.82 Å². The molecule has 0 saturated carbocycles. The Labute approximate surface area is 79.8 Å². The molecule has 0 aromatic heterocycles. The van der Waals surface area contributed by atoms with E-state index in [-0.39, 0.29) is 5.82 Å². The Hall–Kier alpha value is -0.850. The van der Waals surface area contributed by atoms with Crippen LogP contribution in [0.4, 0.5) is 4.39 Å². The van der Waals surface area contributed by atoms with Crippen LogP contribution in [0.2, 0.25) is 0 Å². The van der Waals surface area contributed by atoms with E-state index in [0.29, 0.717) is 11.8 Å². The molecule has 0 unspecified atom stereocenters. The molecule has 0 aliphatic carbocycles. The van der Waals surface area contributed by atoms with Gasteiger partial charge in [-0.15, -0.1) is 0 Å². The lowest BCUT2D eigenvalue weighted by atomic mass is 9.89. The molecule has 0 spiro atoms. The maximum absolute atomic E-state index is 13.0. The Morgan fingerprint density at radius 2 is 1.77 bits per heavy atom. The summed E-state index contributed by atoms with van der Waals surface area (Å²) in [6, 6.07) is 5.39. The zero-order valence-corrected chi connectivity index (χ0v) is 8.76. The summed E-state index contributed by atoms with van der Waals surface area (Å²) in [5.74, 6) is 0.990. The van der Waals surface area contributed by atoms with Crippen molar-refractivity contribution >= 4 is 0 Å². The van der Waals surface area contributed by atoms with E-state index in [1.165, 1.54) is 5.56 Å². The summed E-state index contributed by atoms with van der Waals surface area (Å²) in [5.41, 5.74) is 1.97. The third-order valence-corrected chi connectivity index (χ3v) is 2.71. The fourth-order valence-electron chi connectivity index (χ4n) is 1.34. The molecular weight excluding hydrogens is 163 g/mol. The molecule has 72 valence electrons. The first-order valence-electron chi connectivity index (χ1n) is 4.78. The fourth-order valence-corrected chi connectivity index (χ4v) is 1.34. The zero-order valence-electron chi connectivity index (χ0n) is 8.76. The van der Waals surface area contributed by atoms with Crippen molar-refractivity contribution in [2.45, 2.75) is 33.6 Å². The molecule has 0 aliphatic heterocycles. The van der Waals surface area contributed by atoms with Crippen LogP contribution in [0.3, 0.4) is 0 Å². The van der Waals surface area contributed by atoms with E-state index < -0.39 is 0 Å². The summed E-state index contributed by atoms with van der Waals surface area (Å²) in [5, 5.41) is 0. The van der Waals surface area contributed by atoms with Gasteiger partial charge in [-0.05, 0) is 36.0 Å². The van der Waals surface area contributed by atoms with Gasteiger partial charge in [-0.1, -0.05) is 32.9 Å². The number of benzene rings is 1. The third-order valence-electron chi connectivity index (χ3n) is 2.71. The average Bonchev–Trinajstić information content (AvgIpc) is 2.08. The highest BCUT2D eigenvalue weighted by atomic mass is 19.1. The highest BCUT2D eigenvalue weighted by Gasteiger charge is 2.10. The van der Waals surface area contributed by atoms with E-state index >= 15 is 0 Å². The molecular formula is C12H17F. The summed E-state index contributed by atoms with van der Waals surface area (Å²) in [6.07, 6.45) is 0. The van der Waals surface area contributed by atoms with Crippen molar-refractivity contribution in [3.63, 3.8) is 0 Å². The van der Waals surface area contributed by atoms with Crippen LogP contribution in [0.1, 0.15) is 37.8 Å². The van der Waals surface area contributed by atoms with E-state index in [1.807, 2.05) is 19.1 Å². The highest BCUT2D eigenvalue weighted by Crippen LogP contribution is 2.24. The third kappa shape index (κ3) is 2.30. The van der Waals surface area contributed by atoms with Gasteiger partial charge in [0, 0.05) is 0 Å². The van der Waals surface area contributed by atoms with Gasteiger partial charge in [0.2, 0.25) is 0 Å². The second-order valence-electron chi connectivity index (χ2n) is 4.04. The van der Waals surface area contributed by atoms with Gasteiger partial charge >= 0.3 is 0 Å². The molecule has 1 heteroatoms. The minimum absolute atomic E-state index is 0.111. The summed E-state index contributed by atoms with van der Waals surface area (Å²) >= 11 is 0. The zero-order chi connectivity index (χ0) is 10.0. The maximum atomic E-state index is 13.0. The molecule has 13 heavy (non-hydrogen) atoms. The fraction of sp³-hybridized carbons (Fsp3) is 0.500. The van der Waals surface area contributed by atoms with Crippen LogP contribution < -0.4 is 0 Å². The standard InChI is InChI=1S/C12H17F/c1-8(2)10(4)11-5-6-12(13)9(3)7-11/h5-8,10H,1-4H3/t10-/m1/s1. The van der Waals surface area contributed by atoms with Crippen molar-refractivity contribution < 1.29 is 4.39 Å². The van der Waals surface area contributed by atoms with E-state index in [1.54, 1.807) is 6.07 Å². The second-order valence-corrected chi connectivity index (χ2v) is 4.04. The van der Waals surface area contributed by atoms with Gasteiger partial charge in [-0.2, -0.15) is 0 Å². The SMILES string of the molecule is Cc1cc([C@H](C)C(C)C)ccc1F. The molecule has 1 aromatic carbocycles. The van der Waals surface area contributed by atoms with E-state index in [0.717, 1.165) is 5.56 Å². The predicted molar refractivity (Wildman–Crippen MR) is 54.4 cm³/mol. The summed E-state index contributed by atoms with van der Waals surface area (Å²) in [6.45, 7) is 8.36. The molecule has 0 amide bonds. The smallest absolute Gasteiger partial charge is 0.126 e. The van der Waals surface area contributed by atoms with E-state index in [9.17, 15) is 4.39 Å². The van der Waals surface area contributed by atoms with Crippen LogP contribution in [0.25, 0.3) is 0 Å². The van der Waals surface area contributed by atoms with Crippen molar-refractivity contribution in [3.8, 4) is 0 Å². The Morgan fingerprint density at radius 3 is 2.23 bits per heavy atom. The Morgan fingerprint density at radius 1 is 1.15 bits per heavy atom. The predicted octanol–water partition coefficient (Wildman–Crippen LogP) is 3.89. The van der Waals surface area contributed by atoms with Gasteiger partial charge in [0.05, 0.1) is 0 Å². The van der Waals surface area contributed by atoms with Gasteiger partial charge in [0.15, 0.2) is 0 Å². The second kappa shape index (κ2) is 3.91. The summed E-state index contributed by atoms with van der Waals surface area (Å²) in [4.78, 5) is 0. The molecule has 0 N–H and O–H groups in total. The minimum Gasteiger partial charge on any atom is -0.207 e. The van der Waals surface area contributed by atoms with Crippen molar-refractivity contribution in [3.05, 3.63) is 35.1 Å². The molecule has 0 fully saturated rings. The lowest BCUT2D eigenvalue weighted by molar-refractivity contribution is 0.532. The molecule has 0 aliphatic rings. The molecule has 0 nitrogen and oxygen atoms in total. The van der Waals surface area contributed by atoms with Crippen LogP contribution in [-0.2, 0) is 0 Å². The number of hydrogen-bond donors (Lipinski definition) is 0. The molecule has 0 bridgehead atoms. The van der Waals surface area contributed by atoms with Gasteiger partial charge in [-0.25, -0.2) is 4.39 Å². The van der Waals surface area contributed by atoms with Crippen LogP contribution in [-0.4, -0.2) is 0 Å². The van der Waals surface area contributed by atoms with Crippen molar-refractivity contribution in [1.29, 1.82) is 0 Å². The number of hydrogen-bond acceptors (Lipinski definition) is 0. The number of rotatable bonds is 2. The molecule has 0 heterocycles. The monoisotopic (exact) mass is 180 g/mol. The van der Waals surface area contributed by atoms with E-state index in [4.69, 9.17) is 0 Å². The van der Waals surface area contributed by atoms with E-state index in [2.05, 4.69) is 20.8 Å². The topological polar surface area (TPSA) is 0 Å². The maximum Gasteiger partial charge on any atom is 0.126 e. The van der Waals surface area contributed by atoms with Crippen LogP contribution in [0.5, 0.6) is 0 Å². The lowest BCUT2D eigenvalue weighted by Crippen LogP contribution is -2.02. The van der Waals surface area contributed by atoms with Crippen molar-refractivity contribution in [2.75, 3.05) is 0 Å². The first-order chi connectivity index (χ1) is 6.02. The Bertz CT molecular complexity index is 289. The largest absolute Gasteiger partial charge is 0.207 e. The van der Waals surface area contributed by atoms with Crippen LogP contribution in [0.15, 0.2) is 18.2 Å². The minimum atomic E-state index is -0.111. The number of halogens is 1. The van der Waals surface area contributed by atoms with Gasteiger partial charge in [-0.3, -0.25) is 0 Å². The van der Waals surface area contributed by atoms with Gasteiger partial charge in [0.25, 0.3) is 0 Å². The average molecular weight is 180 g/mol. The molecule has 0 radical (unpaired) electrons. The highest BCUT2D eigenvalue weighted by molar-refractivity contribution is 5.26. The quantitative estimate of drug-likeness (QED) is 0.647. The number of aryl methyl sites for hydroxylation is 1. The Kier molecular flexibility index (Phi) is 3.07. The first kappa shape index (κ1) is 10.2. The molecule has 0 saturated heterocycles. The molecule has 1 rings (SSSR count). The van der Waals surface area contributed by atoms with Crippen LogP contribution in [0, 0.1) is 18.7 Å². The van der Waals surface area contributed by atoms with Crippen molar-refractivity contribution in [2.24, 2.45) is 5.92 Å². The first-order valence-corrected chi connectivity index (χ1v) is 4.78. The molecule has 1 atom stereocenters.